The van der Waals surface area contributed by atoms with E-state index in [2.05, 4.69) is 0 Å². The topological polar surface area (TPSA) is 121 Å². The number of nitro benzene ring substituents is 1. The third kappa shape index (κ3) is 2.70. The predicted molar refractivity (Wildman–Crippen MR) is 89.0 cm³/mol. The number of nitro groups is 1. The third-order valence-corrected chi connectivity index (χ3v) is 3.81. The smallest absolute Gasteiger partial charge is 0.291 e. The van der Waals surface area contributed by atoms with Gasteiger partial charge in [0.1, 0.15) is 23.0 Å². The van der Waals surface area contributed by atoms with E-state index in [0.29, 0.717) is 34.2 Å². The molecule has 0 saturated carbocycles. The molecule has 4 N–H and O–H groups in total. The number of hydrogen-bond acceptors (Lipinski definition) is 6. The van der Waals surface area contributed by atoms with Crippen molar-refractivity contribution < 1.29 is 13.8 Å². The first-order chi connectivity index (χ1) is 11.5. The number of aryl methyl sites for hydroxylation is 1. The largest absolute Gasteiger partial charge is 0.459 e. The lowest BCUT2D eigenvalue weighted by molar-refractivity contribution is -0.383. The average molecular weight is 327 g/mol. The van der Waals surface area contributed by atoms with E-state index in [0.717, 1.165) is 5.56 Å². The molecule has 1 aromatic carbocycles. The molecule has 0 saturated heterocycles. The molecule has 3 aromatic rings. The highest BCUT2D eigenvalue weighted by atomic mass is 16.6. The van der Waals surface area contributed by atoms with E-state index in [4.69, 9.17) is 20.3 Å². The van der Waals surface area contributed by atoms with E-state index in [1.807, 2.05) is 0 Å². The van der Waals surface area contributed by atoms with Crippen molar-refractivity contribution >= 4 is 5.69 Å². The highest BCUT2D eigenvalue weighted by Crippen LogP contribution is 2.41. The van der Waals surface area contributed by atoms with Crippen LogP contribution in [0.5, 0.6) is 0 Å². The van der Waals surface area contributed by atoms with E-state index in [-0.39, 0.29) is 18.8 Å². The lowest BCUT2D eigenvalue weighted by Crippen LogP contribution is -1.97. The highest BCUT2D eigenvalue weighted by molar-refractivity contribution is 5.84. The first-order valence-corrected chi connectivity index (χ1v) is 7.41. The van der Waals surface area contributed by atoms with Gasteiger partial charge >= 0.3 is 0 Å². The summed E-state index contributed by atoms with van der Waals surface area (Å²) >= 11 is 0. The van der Waals surface area contributed by atoms with Crippen molar-refractivity contribution in [1.29, 1.82) is 0 Å². The summed E-state index contributed by atoms with van der Waals surface area (Å²) in [6, 6.07) is 10.3. The first kappa shape index (κ1) is 16.0. The zero-order valence-electron chi connectivity index (χ0n) is 13.1. The molecule has 124 valence electrons. The first-order valence-electron chi connectivity index (χ1n) is 7.41. The molecule has 0 aliphatic rings. The standard InChI is InChI=1S/C17H17N3O4/c1-10-2-5-13(14-6-3-11(8-18)23-14)17(20(21)22)16(10)15-7-4-12(9-19)24-15/h2-7H,8-9,18-19H2,1H3. The Balaban J connectivity index is 2.24. The summed E-state index contributed by atoms with van der Waals surface area (Å²) in [7, 11) is 0. The number of nitrogens with two attached hydrogens (primary N) is 2. The van der Waals surface area contributed by atoms with Gasteiger partial charge < -0.3 is 20.3 Å². The molecule has 0 unspecified atom stereocenters. The lowest BCUT2D eigenvalue weighted by atomic mass is 9.98. The van der Waals surface area contributed by atoms with Gasteiger partial charge in [0.25, 0.3) is 5.69 Å². The third-order valence-electron chi connectivity index (χ3n) is 3.81. The van der Waals surface area contributed by atoms with Gasteiger partial charge in [-0.3, -0.25) is 10.1 Å². The van der Waals surface area contributed by atoms with Gasteiger partial charge in [0.15, 0.2) is 0 Å². The van der Waals surface area contributed by atoms with E-state index >= 15 is 0 Å². The van der Waals surface area contributed by atoms with Crippen molar-refractivity contribution in [3.8, 4) is 22.6 Å². The molecule has 7 heteroatoms. The molecule has 7 nitrogen and oxygen atoms in total. The molecule has 0 aliphatic carbocycles. The zero-order chi connectivity index (χ0) is 17.3. The Morgan fingerprint density at radius 1 is 0.958 bits per heavy atom. The van der Waals surface area contributed by atoms with Crippen LogP contribution in [0.2, 0.25) is 0 Å². The Bertz CT molecular complexity index is 895. The Labute approximate surface area is 138 Å². The van der Waals surface area contributed by atoms with Crippen LogP contribution in [0.3, 0.4) is 0 Å². The van der Waals surface area contributed by atoms with Gasteiger partial charge in [-0.05, 0) is 42.8 Å². The second kappa shape index (κ2) is 6.31. The second-order valence-electron chi connectivity index (χ2n) is 5.35. The normalized spacial score (nSPS) is 11.0. The van der Waals surface area contributed by atoms with Crippen LogP contribution in [0.4, 0.5) is 5.69 Å². The minimum absolute atomic E-state index is 0.0640. The zero-order valence-corrected chi connectivity index (χ0v) is 13.1. The van der Waals surface area contributed by atoms with Crippen molar-refractivity contribution in [2.75, 3.05) is 0 Å². The monoisotopic (exact) mass is 327 g/mol. The molecule has 0 fully saturated rings. The Morgan fingerprint density at radius 2 is 1.54 bits per heavy atom. The molecule has 0 amide bonds. The molecule has 0 radical (unpaired) electrons. The maximum atomic E-state index is 11.8. The number of rotatable bonds is 5. The van der Waals surface area contributed by atoms with Crippen LogP contribution in [-0.4, -0.2) is 4.92 Å². The van der Waals surface area contributed by atoms with Crippen molar-refractivity contribution in [1.82, 2.24) is 0 Å². The van der Waals surface area contributed by atoms with Crippen LogP contribution >= 0.6 is 0 Å². The molecule has 0 spiro atoms. The van der Waals surface area contributed by atoms with E-state index < -0.39 is 4.92 Å². The van der Waals surface area contributed by atoms with Crippen LogP contribution < -0.4 is 11.5 Å². The van der Waals surface area contributed by atoms with Crippen molar-refractivity contribution in [3.63, 3.8) is 0 Å². The summed E-state index contributed by atoms with van der Waals surface area (Å²) < 4.78 is 11.2. The average Bonchev–Trinajstić information content (AvgIpc) is 3.23. The van der Waals surface area contributed by atoms with Gasteiger partial charge in [0, 0.05) is 0 Å². The molecule has 0 aliphatic heterocycles. The van der Waals surface area contributed by atoms with Gasteiger partial charge in [-0.2, -0.15) is 0 Å². The summed E-state index contributed by atoms with van der Waals surface area (Å²) in [5, 5.41) is 11.8. The number of hydrogen-bond donors (Lipinski definition) is 2. The summed E-state index contributed by atoms with van der Waals surface area (Å²) in [6.07, 6.45) is 0. The van der Waals surface area contributed by atoms with Gasteiger partial charge in [0.05, 0.1) is 29.1 Å². The molecule has 24 heavy (non-hydrogen) atoms. The van der Waals surface area contributed by atoms with Crippen molar-refractivity contribution in [2.24, 2.45) is 11.5 Å². The highest BCUT2D eigenvalue weighted by Gasteiger charge is 2.27. The summed E-state index contributed by atoms with van der Waals surface area (Å²) in [6.45, 7) is 2.25. The summed E-state index contributed by atoms with van der Waals surface area (Å²) in [5.74, 6) is 1.93. The van der Waals surface area contributed by atoms with Gasteiger partial charge in [0.2, 0.25) is 0 Å². The number of nitrogens with zero attached hydrogens (tertiary/aromatic N) is 1. The molecule has 0 bridgehead atoms. The number of benzene rings is 1. The van der Waals surface area contributed by atoms with Crippen LogP contribution in [0.25, 0.3) is 22.6 Å². The molecule has 0 atom stereocenters. The molecular formula is C17H17N3O4. The maximum Gasteiger partial charge on any atom is 0.291 e. The van der Waals surface area contributed by atoms with E-state index in [9.17, 15) is 10.1 Å². The Hall–Kier alpha value is -2.90. The van der Waals surface area contributed by atoms with Crippen LogP contribution in [-0.2, 0) is 13.1 Å². The van der Waals surface area contributed by atoms with Crippen LogP contribution in [0.1, 0.15) is 17.1 Å². The van der Waals surface area contributed by atoms with Crippen molar-refractivity contribution in [3.05, 3.63) is 63.6 Å². The maximum absolute atomic E-state index is 11.8. The second-order valence-corrected chi connectivity index (χ2v) is 5.35. The fourth-order valence-corrected chi connectivity index (χ4v) is 2.65. The van der Waals surface area contributed by atoms with E-state index in [1.54, 1.807) is 43.3 Å². The lowest BCUT2D eigenvalue weighted by Gasteiger charge is -2.08. The summed E-state index contributed by atoms with van der Waals surface area (Å²) in [5.41, 5.74) is 12.6. The fourth-order valence-electron chi connectivity index (χ4n) is 2.65. The quantitative estimate of drug-likeness (QED) is 0.547. The number of furan rings is 2. The SMILES string of the molecule is Cc1ccc(-c2ccc(CN)o2)c([N+](=O)[O-])c1-c1ccc(CN)o1. The van der Waals surface area contributed by atoms with Gasteiger partial charge in [-0.25, -0.2) is 0 Å². The van der Waals surface area contributed by atoms with E-state index in [1.165, 1.54) is 0 Å². The Kier molecular flexibility index (Phi) is 4.20. The predicted octanol–water partition coefficient (Wildman–Crippen LogP) is 3.34. The molecule has 2 aromatic heterocycles. The molecule has 2 heterocycles. The van der Waals surface area contributed by atoms with Crippen LogP contribution in [0.15, 0.2) is 45.2 Å². The van der Waals surface area contributed by atoms with Gasteiger partial charge in [-0.1, -0.05) is 6.07 Å². The molecule has 3 rings (SSSR count). The van der Waals surface area contributed by atoms with Crippen LogP contribution in [0, 0.1) is 17.0 Å². The van der Waals surface area contributed by atoms with Crippen molar-refractivity contribution in [2.45, 2.75) is 20.0 Å². The van der Waals surface area contributed by atoms with Gasteiger partial charge in [-0.15, -0.1) is 0 Å². The summed E-state index contributed by atoms with van der Waals surface area (Å²) in [4.78, 5) is 11.3. The minimum atomic E-state index is -0.424. The minimum Gasteiger partial charge on any atom is -0.459 e. The molecular weight excluding hydrogens is 310 g/mol. The fraction of sp³-hybridized carbons (Fsp3) is 0.176. The Morgan fingerprint density at radius 3 is 2.08 bits per heavy atom.